The molecule has 0 fully saturated rings. The lowest BCUT2D eigenvalue weighted by Crippen LogP contribution is -1.94. The van der Waals surface area contributed by atoms with Gasteiger partial charge in [-0.3, -0.25) is 0 Å². The lowest BCUT2D eigenvalue weighted by atomic mass is 10.3. The van der Waals surface area contributed by atoms with E-state index in [4.69, 9.17) is 0 Å². The van der Waals surface area contributed by atoms with Gasteiger partial charge in [-0.25, -0.2) is 0 Å². The second-order valence-electron chi connectivity index (χ2n) is 2.08. The minimum absolute atomic E-state index is 0.928. The van der Waals surface area contributed by atoms with Gasteiger partial charge in [-0.2, -0.15) is 12.6 Å². The van der Waals surface area contributed by atoms with Gasteiger partial charge < -0.3 is 4.57 Å². The van der Waals surface area contributed by atoms with Gasteiger partial charge in [0.25, 0.3) is 0 Å². The third kappa shape index (κ3) is 1.52. The Morgan fingerprint density at radius 1 is 1.67 bits per heavy atom. The van der Waals surface area contributed by atoms with E-state index in [1.807, 2.05) is 0 Å². The summed E-state index contributed by atoms with van der Waals surface area (Å²) in [7, 11) is 2.05. The second-order valence-corrected chi connectivity index (χ2v) is 2.53. The summed E-state index contributed by atoms with van der Waals surface area (Å²) in [5, 5.41) is 0. The Hall–Kier alpha value is -0.370. The quantitative estimate of drug-likeness (QED) is 0.595. The van der Waals surface area contributed by atoms with Gasteiger partial charge >= 0.3 is 0 Å². The Balaban J connectivity index is 2.69. The first kappa shape index (κ1) is 6.75. The molecule has 0 amide bonds. The smallest absolute Gasteiger partial charge is 0.0179 e. The molecule has 50 valence electrons. The van der Waals surface area contributed by atoms with Crippen molar-refractivity contribution in [3.05, 3.63) is 24.0 Å². The number of thiol groups is 1. The summed E-state index contributed by atoms with van der Waals surface area (Å²) in [5.74, 6) is 0.928. The highest BCUT2D eigenvalue weighted by Gasteiger charge is 1.92. The first-order valence-corrected chi connectivity index (χ1v) is 3.69. The summed E-state index contributed by atoms with van der Waals surface area (Å²) < 4.78 is 2.12. The molecule has 2 heteroatoms. The first-order chi connectivity index (χ1) is 4.34. The van der Waals surface area contributed by atoms with Crippen molar-refractivity contribution in [3.8, 4) is 0 Å². The molecule has 1 heterocycles. The number of aryl methyl sites for hydroxylation is 2. The van der Waals surface area contributed by atoms with E-state index in [1.54, 1.807) is 0 Å². The monoisotopic (exact) mass is 141 g/mol. The minimum atomic E-state index is 0.928. The highest BCUT2D eigenvalue weighted by Crippen LogP contribution is 2.00. The van der Waals surface area contributed by atoms with E-state index in [9.17, 15) is 0 Å². The van der Waals surface area contributed by atoms with Crippen LogP contribution in [0.4, 0.5) is 0 Å². The van der Waals surface area contributed by atoms with E-state index in [2.05, 4.69) is 42.6 Å². The Morgan fingerprint density at radius 3 is 2.89 bits per heavy atom. The van der Waals surface area contributed by atoms with E-state index in [1.165, 1.54) is 5.69 Å². The molecule has 0 bridgehead atoms. The molecule has 9 heavy (non-hydrogen) atoms. The Kier molecular flexibility index (Phi) is 2.22. The Morgan fingerprint density at radius 2 is 2.44 bits per heavy atom. The average Bonchev–Trinajstić information content (AvgIpc) is 2.18. The van der Waals surface area contributed by atoms with Gasteiger partial charge in [-0.1, -0.05) is 0 Å². The number of nitrogens with zero attached hydrogens (tertiary/aromatic N) is 1. The summed E-state index contributed by atoms with van der Waals surface area (Å²) >= 11 is 4.14. The summed E-state index contributed by atoms with van der Waals surface area (Å²) in [6.45, 7) is 0. The molecule has 1 aromatic rings. The van der Waals surface area contributed by atoms with Crippen LogP contribution in [0.3, 0.4) is 0 Å². The van der Waals surface area contributed by atoms with Crippen LogP contribution in [0.2, 0.25) is 0 Å². The summed E-state index contributed by atoms with van der Waals surface area (Å²) in [6.07, 6.45) is 3.12. The minimum Gasteiger partial charge on any atom is -0.354 e. The van der Waals surface area contributed by atoms with Crippen LogP contribution in [0, 0.1) is 0 Å². The van der Waals surface area contributed by atoms with Crippen molar-refractivity contribution in [3.63, 3.8) is 0 Å². The lowest BCUT2D eigenvalue weighted by Gasteiger charge is -1.97. The molecule has 0 aliphatic carbocycles. The van der Waals surface area contributed by atoms with Crippen LogP contribution in [0.5, 0.6) is 0 Å². The van der Waals surface area contributed by atoms with Crippen LogP contribution in [-0.4, -0.2) is 10.3 Å². The van der Waals surface area contributed by atoms with Gasteiger partial charge in [0.2, 0.25) is 0 Å². The topological polar surface area (TPSA) is 4.93 Å². The highest BCUT2D eigenvalue weighted by atomic mass is 32.1. The molecule has 1 nitrogen and oxygen atoms in total. The Labute approximate surface area is 61.1 Å². The molecule has 1 aromatic heterocycles. The van der Waals surface area contributed by atoms with Crippen LogP contribution < -0.4 is 0 Å². The van der Waals surface area contributed by atoms with Crippen LogP contribution in [0.15, 0.2) is 18.3 Å². The molecule has 0 unspecified atom stereocenters. The molecular weight excluding hydrogens is 130 g/mol. The number of hydrogen-bond acceptors (Lipinski definition) is 1. The molecule has 0 aliphatic rings. The predicted octanol–water partition coefficient (Wildman–Crippen LogP) is 1.50. The van der Waals surface area contributed by atoms with E-state index in [-0.39, 0.29) is 0 Å². The fourth-order valence-corrected chi connectivity index (χ4v) is 1.10. The zero-order chi connectivity index (χ0) is 6.69. The van der Waals surface area contributed by atoms with Crippen molar-refractivity contribution in [2.24, 2.45) is 7.05 Å². The van der Waals surface area contributed by atoms with Crippen LogP contribution in [0.1, 0.15) is 5.69 Å². The maximum Gasteiger partial charge on any atom is 0.0179 e. The van der Waals surface area contributed by atoms with Gasteiger partial charge in [0.1, 0.15) is 0 Å². The van der Waals surface area contributed by atoms with Crippen molar-refractivity contribution in [2.75, 3.05) is 5.75 Å². The SMILES string of the molecule is Cn1cccc1CCS. The molecule has 0 aliphatic heterocycles. The van der Waals surface area contributed by atoms with E-state index >= 15 is 0 Å². The summed E-state index contributed by atoms with van der Waals surface area (Å²) in [5.41, 5.74) is 1.35. The van der Waals surface area contributed by atoms with Crippen molar-refractivity contribution < 1.29 is 0 Å². The van der Waals surface area contributed by atoms with Crippen molar-refractivity contribution in [1.82, 2.24) is 4.57 Å². The molecule has 0 aromatic carbocycles. The van der Waals surface area contributed by atoms with Crippen molar-refractivity contribution in [2.45, 2.75) is 6.42 Å². The zero-order valence-corrected chi connectivity index (χ0v) is 6.44. The third-order valence-electron chi connectivity index (χ3n) is 1.42. The van der Waals surface area contributed by atoms with Crippen molar-refractivity contribution >= 4 is 12.6 Å². The van der Waals surface area contributed by atoms with Crippen LogP contribution in [0.25, 0.3) is 0 Å². The Bertz CT molecular complexity index is 181. The molecule has 0 spiro atoms. The lowest BCUT2D eigenvalue weighted by molar-refractivity contribution is 0.842. The van der Waals surface area contributed by atoms with Crippen LogP contribution in [-0.2, 0) is 13.5 Å². The average molecular weight is 141 g/mol. The molecule has 0 N–H and O–H groups in total. The second kappa shape index (κ2) is 2.97. The number of aromatic nitrogens is 1. The zero-order valence-electron chi connectivity index (χ0n) is 5.54. The van der Waals surface area contributed by atoms with E-state index in [0.29, 0.717) is 0 Å². The predicted molar refractivity (Wildman–Crippen MR) is 43.0 cm³/mol. The van der Waals surface area contributed by atoms with Gasteiger partial charge in [0.05, 0.1) is 0 Å². The fourth-order valence-electron chi connectivity index (χ4n) is 0.871. The molecule has 0 saturated carbocycles. The molecule has 0 saturated heterocycles. The molecule has 0 atom stereocenters. The molecular formula is C7H11NS. The van der Waals surface area contributed by atoms with Crippen LogP contribution >= 0.6 is 12.6 Å². The molecule has 1 rings (SSSR count). The van der Waals surface area contributed by atoms with E-state index in [0.717, 1.165) is 12.2 Å². The fraction of sp³-hybridized carbons (Fsp3) is 0.429. The van der Waals surface area contributed by atoms with E-state index < -0.39 is 0 Å². The van der Waals surface area contributed by atoms with Crippen molar-refractivity contribution in [1.29, 1.82) is 0 Å². The van der Waals surface area contributed by atoms with Gasteiger partial charge in [-0.05, 0) is 24.3 Å². The van der Waals surface area contributed by atoms with Gasteiger partial charge in [0.15, 0.2) is 0 Å². The molecule has 0 radical (unpaired) electrons. The highest BCUT2D eigenvalue weighted by molar-refractivity contribution is 7.80. The number of hydrogen-bond donors (Lipinski definition) is 1. The maximum absolute atomic E-state index is 4.14. The third-order valence-corrected chi connectivity index (χ3v) is 1.64. The maximum atomic E-state index is 4.14. The van der Waals surface area contributed by atoms with Gasteiger partial charge in [0, 0.05) is 18.9 Å². The standard InChI is InChI=1S/C7H11NS/c1-8-5-2-3-7(8)4-6-9/h2-3,5,9H,4,6H2,1H3. The van der Waals surface area contributed by atoms with Gasteiger partial charge in [-0.15, -0.1) is 0 Å². The largest absolute Gasteiger partial charge is 0.354 e. The summed E-state index contributed by atoms with van der Waals surface area (Å²) in [6, 6.07) is 4.18. The summed E-state index contributed by atoms with van der Waals surface area (Å²) in [4.78, 5) is 0. The first-order valence-electron chi connectivity index (χ1n) is 3.05. The number of rotatable bonds is 2. The normalized spacial score (nSPS) is 10.0.